The number of carbonyl (C=O) groups is 3. The van der Waals surface area contributed by atoms with Crippen LogP contribution in [0.25, 0.3) is 0 Å². The van der Waals surface area contributed by atoms with Crippen molar-refractivity contribution >= 4 is 18.2 Å². The normalized spacial score (nSPS) is 11.8. The third-order valence-electron chi connectivity index (χ3n) is 2.43. The Labute approximate surface area is 102 Å². The van der Waals surface area contributed by atoms with Crippen LogP contribution < -0.4 is 0 Å². The summed E-state index contributed by atoms with van der Waals surface area (Å²) in [5.74, 6) is -2.44. The Morgan fingerprint density at radius 1 is 1.28 bits per heavy atom. The van der Waals surface area contributed by atoms with Crippen molar-refractivity contribution in [1.29, 1.82) is 0 Å². The van der Waals surface area contributed by atoms with E-state index < -0.39 is 18.0 Å². The van der Waals surface area contributed by atoms with Crippen molar-refractivity contribution in [3.8, 4) is 0 Å². The minimum atomic E-state index is -1.80. The topological polar surface area (TPSA) is 112 Å². The molecule has 0 heterocycles. The standard InChI is InChI=1S/C12H12O6/c13-6-8-3-1-7(2-4-10(14)15)5-9(8)11(16)12(17)18/h1,3,5-6,11,16H,2,4H2,(H,14,15)(H,17,18). The Morgan fingerprint density at radius 2 is 1.94 bits per heavy atom. The number of hydrogen-bond donors (Lipinski definition) is 3. The predicted octanol–water partition coefficient (Wildman–Crippen LogP) is 0.634. The zero-order chi connectivity index (χ0) is 13.7. The number of carboxylic acid groups (broad SMARTS) is 2. The monoisotopic (exact) mass is 252 g/mol. The fourth-order valence-electron chi connectivity index (χ4n) is 1.51. The highest BCUT2D eigenvalue weighted by Crippen LogP contribution is 2.20. The summed E-state index contributed by atoms with van der Waals surface area (Å²) in [7, 11) is 0. The molecule has 0 saturated carbocycles. The molecule has 0 radical (unpaired) electrons. The molecule has 0 aliphatic carbocycles. The zero-order valence-electron chi connectivity index (χ0n) is 9.37. The highest BCUT2D eigenvalue weighted by atomic mass is 16.4. The van der Waals surface area contributed by atoms with Crippen LogP contribution >= 0.6 is 0 Å². The van der Waals surface area contributed by atoms with Gasteiger partial charge >= 0.3 is 11.9 Å². The number of aliphatic carboxylic acids is 2. The maximum atomic E-state index is 10.7. The van der Waals surface area contributed by atoms with E-state index in [4.69, 9.17) is 10.2 Å². The quantitative estimate of drug-likeness (QED) is 0.640. The van der Waals surface area contributed by atoms with E-state index in [0.717, 1.165) is 0 Å². The van der Waals surface area contributed by atoms with Crippen molar-refractivity contribution in [2.75, 3.05) is 0 Å². The van der Waals surface area contributed by atoms with E-state index in [1.807, 2.05) is 0 Å². The molecule has 0 amide bonds. The van der Waals surface area contributed by atoms with Crippen molar-refractivity contribution < 1.29 is 29.7 Å². The van der Waals surface area contributed by atoms with Gasteiger partial charge in [-0.2, -0.15) is 0 Å². The summed E-state index contributed by atoms with van der Waals surface area (Å²) in [4.78, 5) is 31.8. The zero-order valence-corrected chi connectivity index (χ0v) is 9.37. The van der Waals surface area contributed by atoms with Gasteiger partial charge in [0.2, 0.25) is 0 Å². The number of carbonyl (C=O) groups excluding carboxylic acids is 1. The summed E-state index contributed by atoms with van der Waals surface area (Å²) in [6.45, 7) is 0. The molecule has 3 N–H and O–H groups in total. The van der Waals surface area contributed by atoms with Gasteiger partial charge in [-0.25, -0.2) is 4.79 Å². The van der Waals surface area contributed by atoms with E-state index in [-0.39, 0.29) is 24.0 Å². The first-order valence-corrected chi connectivity index (χ1v) is 5.16. The van der Waals surface area contributed by atoms with Crippen molar-refractivity contribution in [2.45, 2.75) is 18.9 Å². The number of rotatable bonds is 6. The van der Waals surface area contributed by atoms with Gasteiger partial charge in [-0.05, 0) is 12.0 Å². The molecule has 96 valence electrons. The Balaban J connectivity index is 3.05. The lowest BCUT2D eigenvalue weighted by molar-refractivity contribution is -0.147. The highest BCUT2D eigenvalue weighted by molar-refractivity contribution is 5.83. The molecule has 0 bridgehead atoms. The largest absolute Gasteiger partial charge is 0.481 e. The number of hydrogen-bond acceptors (Lipinski definition) is 4. The SMILES string of the molecule is O=Cc1ccc(CCC(=O)O)cc1C(O)C(=O)O. The molecule has 0 fully saturated rings. The summed E-state index contributed by atoms with van der Waals surface area (Å²) in [6, 6.07) is 4.24. The van der Waals surface area contributed by atoms with E-state index >= 15 is 0 Å². The number of aliphatic hydroxyl groups excluding tert-OH is 1. The second kappa shape index (κ2) is 5.92. The average Bonchev–Trinajstić information content (AvgIpc) is 2.34. The van der Waals surface area contributed by atoms with Crippen LogP contribution in [0, 0.1) is 0 Å². The number of benzene rings is 1. The molecule has 0 aliphatic heterocycles. The first-order chi connectivity index (χ1) is 8.45. The smallest absolute Gasteiger partial charge is 0.337 e. The van der Waals surface area contributed by atoms with Gasteiger partial charge in [0.15, 0.2) is 6.10 Å². The molecule has 0 saturated heterocycles. The van der Waals surface area contributed by atoms with E-state index in [0.29, 0.717) is 11.8 Å². The summed E-state index contributed by atoms with van der Waals surface area (Å²) in [5.41, 5.74) is 0.600. The van der Waals surface area contributed by atoms with Gasteiger partial charge in [-0.1, -0.05) is 18.2 Å². The second-order valence-corrected chi connectivity index (χ2v) is 3.72. The summed E-state index contributed by atoms with van der Waals surface area (Å²) in [6.07, 6.45) is -1.26. The van der Waals surface area contributed by atoms with Crippen LogP contribution in [0.15, 0.2) is 18.2 Å². The van der Waals surface area contributed by atoms with E-state index in [1.165, 1.54) is 18.2 Å². The molecular weight excluding hydrogens is 240 g/mol. The van der Waals surface area contributed by atoms with Gasteiger partial charge in [0, 0.05) is 17.5 Å². The van der Waals surface area contributed by atoms with E-state index in [1.54, 1.807) is 0 Å². The number of aldehydes is 1. The number of aliphatic hydroxyl groups is 1. The molecule has 0 spiro atoms. The summed E-state index contributed by atoms with van der Waals surface area (Å²) < 4.78 is 0. The predicted molar refractivity (Wildman–Crippen MR) is 60.4 cm³/mol. The molecule has 1 atom stereocenters. The minimum absolute atomic E-state index is 0.0274. The molecule has 6 heteroatoms. The van der Waals surface area contributed by atoms with Crippen LogP contribution in [0.3, 0.4) is 0 Å². The van der Waals surface area contributed by atoms with Crippen molar-refractivity contribution in [1.82, 2.24) is 0 Å². The van der Waals surface area contributed by atoms with Crippen LogP contribution in [0.4, 0.5) is 0 Å². The molecule has 1 aromatic carbocycles. The summed E-state index contributed by atoms with van der Waals surface area (Å²) >= 11 is 0. The molecule has 18 heavy (non-hydrogen) atoms. The molecule has 6 nitrogen and oxygen atoms in total. The molecule has 0 aromatic heterocycles. The van der Waals surface area contributed by atoms with Crippen molar-refractivity contribution in [3.05, 3.63) is 34.9 Å². The fraction of sp³-hybridized carbons (Fsp3) is 0.250. The molecule has 1 aromatic rings. The highest BCUT2D eigenvalue weighted by Gasteiger charge is 2.19. The first-order valence-electron chi connectivity index (χ1n) is 5.16. The van der Waals surface area contributed by atoms with Crippen LogP contribution in [-0.4, -0.2) is 33.5 Å². The Kier molecular flexibility index (Phi) is 4.56. The average molecular weight is 252 g/mol. The lowest BCUT2D eigenvalue weighted by Crippen LogP contribution is -2.13. The van der Waals surface area contributed by atoms with E-state index in [9.17, 15) is 19.5 Å². The van der Waals surface area contributed by atoms with Gasteiger partial charge in [-0.3, -0.25) is 9.59 Å². The lowest BCUT2D eigenvalue weighted by Gasteiger charge is -2.10. The third kappa shape index (κ3) is 3.39. The Bertz CT molecular complexity index is 479. The van der Waals surface area contributed by atoms with Gasteiger partial charge in [0.25, 0.3) is 0 Å². The van der Waals surface area contributed by atoms with Crippen LogP contribution in [0.2, 0.25) is 0 Å². The first kappa shape index (κ1) is 13.9. The summed E-state index contributed by atoms with van der Waals surface area (Å²) in [5, 5.41) is 26.7. The van der Waals surface area contributed by atoms with Crippen LogP contribution in [0.1, 0.15) is 34.0 Å². The van der Waals surface area contributed by atoms with Gasteiger partial charge < -0.3 is 15.3 Å². The molecular formula is C12H12O6. The van der Waals surface area contributed by atoms with E-state index in [2.05, 4.69) is 0 Å². The number of carboxylic acids is 2. The van der Waals surface area contributed by atoms with Crippen LogP contribution in [-0.2, 0) is 16.0 Å². The molecule has 1 rings (SSSR count). The van der Waals surface area contributed by atoms with Crippen molar-refractivity contribution in [2.24, 2.45) is 0 Å². The number of aryl methyl sites for hydroxylation is 1. The van der Waals surface area contributed by atoms with Crippen molar-refractivity contribution in [3.63, 3.8) is 0 Å². The fourth-order valence-corrected chi connectivity index (χ4v) is 1.51. The van der Waals surface area contributed by atoms with Gasteiger partial charge in [-0.15, -0.1) is 0 Å². The Morgan fingerprint density at radius 3 is 2.44 bits per heavy atom. The van der Waals surface area contributed by atoms with Gasteiger partial charge in [0.05, 0.1) is 0 Å². The second-order valence-electron chi connectivity index (χ2n) is 3.72. The minimum Gasteiger partial charge on any atom is -0.481 e. The Hall–Kier alpha value is -2.21. The maximum Gasteiger partial charge on any atom is 0.337 e. The van der Waals surface area contributed by atoms with Gasteiger partial charge in [0.1, 0.15) is 6.29 Å². The molecule has 1 unspecified atom stereocenters. The maximum absolute atomic E-state index is 10.7. The van der Waals surface area contributed by atoms with Crippen LogP contribution in [0.5, 0.6) is 0 Å². The lowest BCUT2D eigenvalue weighted by atomic mass is 9.98. The molecule has 0 aliphatic rings. The third-order valence-corrected chi connectivity index (χ3v) is 2.43.